The summed E-state index contributed by atoms with van der Waals surface area (Å²) in [6, 6.07) is -0.185. The molecular weight excluding hydrogens is 266 g/mol. The fraction of sp³-hybridized carbons (Fsp3) is 0.417. The molecule has 0 radical (unpaired) electrons. The number of nitrogens with zero attached hydrogens (tertiary/aromatic N) is 3. The zero-order valence-corrected chi connectivity index (χ0v) is 11.0. The van der Waals surface area contributed by atoms with Crippen LogP contribution in [0.1, 0.15) is 23.2 Å². The molecule has 1 aliphatic rings. The molecule has 2 aromatic rings. The molecule has 3 rings (SSSR count). The summed E-state index contributed by atoms with van der Waals surface area (Å²) in [6.07, 6.45) is 4.58. The highest BCUT2D eigenvalue weighted by molar-refractivity contribution is 7.15. The van der Waals surface area contributed by atoms with E-state index in [1.165, 1.54) is 21.9 Å². The second-order valence-corrected chi connectivity index (χ2v) is 5.38. The number of fused-ring (bicyclic) bond motifs is 1. The summed E-state index contributed by atoms with van der Waals surface area (Å²) in [4.78, 5) is 30.8. The summed E-state index contributed by atoms with van der Waals surface area (Å²) in [7, 11) is 0. The lowest BCUT2D eigenvalue weighted by Crippen LogP contribution is -2.40. The van der Waals surface area contributed by atoms with E-state index in [1.807, 2.05) is 0 Å². The molecule has 0 spiro atoms. The Morgan fingerprint density at radius 2 is 2.42 bits per heavy atom. The highest BCUT2D eigenvalue weighted by atomic mass is 32.1. The molecule has 0 aromatic carbocycles. The van der Waals surface area contributed by atoms with Crippen molar-refractivity contribution in [3.8, 4) is 0 Å². The summed E-state index contributed by atoms with van der Waals surface area (Å²) in [5.41, 5.74) is -0.281. The van der Waals surface area contributed by atoms with Gasteiger partial charge >= 0.3 is 0 Å². The Balaban J connectivity index is 2.02. The van der Waals surface area contributed by atoms with Crippen molar-refractivity contribution in [2.24, 2.45) is 0 Å². The van der Waals surface area contributed by atoms with Gasteiger partial charge in [0.25, 0.3) is 11.5 Å². The van der Waals surface area contributed by atoms with Gasteiger partial charge in [-0.3, -0.25) is 14.0 Å². The van der Waals surface area contributed by atoms with Crippen LogP contribution in [-0.2, 0) is 0 Å². The highest BCUT2D eigenvalue weighted by Crippen LogP contribution is 2.18. The molecule has 1 atom stereocenters. The zero-order valence-electron chi connectivity index (χ0n) is 10.2. The fourth-order valence-corrected chi connectivity index (χ4v) is 3.09. The number of aliphatic hydroxyl groups excluding tert-OH is 1. The van der Waals surface area contributed by atoms with E-state index in [9.17, 15) is 14.7 Å². The molecule has 0 saturated carbocycles. The van der Waals surface area contributed by atoms with Crippen molar-refractivity contribution in [3.05, 3.63) is 33.7 Å². The van der Waals surface area contributed by atoms with Crippen molar-refractivity contribution in [3.63, 3.8) is 0 Å². The zero-order chi connectivity index (χ0) is 13.4. The predicted octanol–water partition coefficient (Wildman–Crippen LogP) is 0.353. The van der Waals surface area contributed by atoms with Crippen LogP contribution in [0.2, 0.25) is 0 Å². The van der Waals surface area contributed by atoms with Crippen LogP contribution < -0.4 is 5.56 Å². The molecule has 0 aliphatic carbocycles. The number of carbonyl (C=O) groups excluding carboxylic acids is 1. The molecular formula is C12H13N3O3S. The first kappa shape index (κ1) is 12.3. The number of aromatic nitrogens is 2. The lowest BCUT2D eigenvalue weighted by Gasteiger charge is -2.22. The minimum absolute atomic E-state index is 0.0660. The lowest BCUT2D eigenvalue weighted by atomic mass is 10.2. The minimum Gasteiger partial charge on any atom is -0.394 e. The van der Waals surface area contributed by atoms with E-state index in [-0.39, 0.29) is 29.7 Å². The van der Waals surface area contributed by atoms with E-state index >= 15 is 0 Å². The number of likely N-dealkylation sites (tertiary alicyclic amines) is 1. The molecule has 6 nitrogen and oxygen atoms in total. The number of aliphatic hydroxyl groups is 1. The van der Waals surface area contributed by atoms with Gasteiger partial charge in [0, 0.05) is 24.3 Å². The summed E-state index contributed by atoms with van der Waals surface area (Å²) >= 11 is 1.35. The molecule has 100 valence electrons. The monoisotopic (exact) mass is 279 g/mol. The predicted molar refractivity (Wildman–Crippen MR) is 70.5 cm³/mol. The molecule has 0 unspecified atom stereocenters. The maximum Gasteiger partial charge on any atom is 0.271 e. The van der Waals surface area contributed by atoms with Crippen molar-refractivity contribution >= 4 is 22.2 Å². The van der Waals surface area contributed by atoms with E-state index in [1.54, 1.807) is 16.5 Å². The molecule has 2 aromatic heterocycles. The second kappa shape index (κ2) is 4.75. The second-order valence-electron chi connectivity index (χ2n) is 4.51. The largest absolute Gasteiger partial charge is 0.394 e. The Bertz CT molecular complexity index is 678. The van der Waals surface area contributed by atoms with E-state index in [0.717, 1.165) is 12.8 Å². The van der Waals surface area contributed by atoms with E-state index in [2.05, 4.69) is 4.98 Å². The number of hydrogen-bond acceptors (Lipinski definition) is 5. The van der Waals surface area contributed by atoms with Crippen LogP contribution in [0.4, 0.5) is 0 Å². The smallest absolute Gasteiger partial charge is 0.271 e. The number of carbonyl (C=O) groups is 1. The average Bonchev–Trinajstić information content (AvgIpc) is 3.07. The van der Waals surface area contributed by atoms with Crippen LogP contribution in [0.25, 0.3) is 4.96 Å². The van der Waals surface area contributed by atoms with E-state index < -0.39 is 0 Å². The highest BCUT2D eigenvalue weighted by Gasteiger charge is 2.30. The van der Waals surface area contributed by atoms with E-state index in [4.69, 9.17) is 0 Å². The normalized spacial score (nSPS) is 19.2. The molecule has 0 bridgehead atoms. The van der Waals surface area contributed by atoms with Crippen molar-refractivity contribution in [2.45, 2.75) is 18.9 Å². The molecule has 7 heteroatoms. The Kier molecular flexibility index (Phi) is 3.08. The van der Waals surface area contributed by atoms with Gasteiger partial charge in [0.2, 0.25) is 0 Å². The van der Waals surface area contributed by atoms with E-state index in [0.29, 0.717) is 11.5 Å². The standard InChI is InChI=1S/C12H13N3O3S/c16-7-8-2-1-3-14(8)10(17)9-6-13-12-15(11(9)18)4-5-19-12/h4-6,8,16H,1-3,7H2/t8-/m1/s1. The summed E-state index contributed by atoms with van der Waals surface area (Å²) in [6.45, 7) is 0.511. The Morgan fingerprint density at radius 3 is 3.21 bits per heavy atom. The molecule has 1 saturated heterocycles. The number of thiazole rings is 1. The first-order chi connectivity index (χ1) is 9.22. The van der Waals surface area contributed by atoms with Gasteiger partial charge in [-0.05, 0) is 12.8 Å². The maximum atomic E-state index is 12.4. The van der Waals surface area contributed by atoms with Crippen LogP contribution in [0.5, 0.6) is 0 Å². The topological polar surface area (TPSA) is 74.9 Å². The molecule has 3 heterocycles. The average molecular weight is 279 g/mol. The van der Waals surface area contributed by atoms with Gasteiger partial charge in [0.15, 0.2) is 4.96 Å². The molecule has 1 aliphatic heterocycles. The minimum atomic E-state index is -0.347. The number of rotatable bonds is 2. The van der Waals surface area contributed by atoms with Gasteiger partial charge in [-0.25, -0.2) is 4.98 Å². The summed E-state index contributed by atoms with van der Waals surface area (Å²) in [5, 5.41) is 11.0. The summed E-state index contributed by atoms with van der Waals surface area (Å²) < 4.78 is 1.38. The molecule has 1 fully saturated rings. The van der Waals surface area contributed by atoms with Gasteiger partial charge < -0.3 is 10.0 Å². The quantitative estimate of drug-likeness (QED) is 0.861. The third-order valence-corrected chi connectivity index (χ3v) is 4.19. The number of amides is 1. The van der Waals surface area contributed by atoms with Gasteiger partial charge in [-0.1, -0.05) is 0 Å². The fourth-order valence-electron chi connectivity index (χ4n) is 2.42. The van der Waals surface area contributed by atoms with Crippen molar-refractivity contribution in [1.29, 1.82) is 0 Å². The third kappa shape index (κ3) is 1.95. The van der Waals surface area contributed by atoms with Crippen LogP contribution in [0.15, 0.2) is 22.6 Å². The van der Waals surface area contributed by atoms with Gasteiger partial charge in [0.1, 0.15) is 5.56 Å². The lowest BCUT2D eigenvalue weighted by molar-refractivity contribution is 0.0675. The van der Waals surface area contributed by atoms with Crippen LogP contribution in [0, 0.1) is 0 Å². The van der Waals surface area contributed by atoms with Crippen LogP contribution in [-0.4, -0.2) is 44.5 Å². The summed E-state index contributed by atoms with van der Waals surface area (Å²) in [5.74, 6) is -0.338. The molecule has 1 amide bonds. The van der Waals surface area contributed by atoms with Crippen LogP contribution in [0.3, 0.4) is 0 Å². The first-order valence-electron chi connectivity index (χ1n) is 6.09. The van der Waals surface area contributed by atoms with Crippen LogP contribution >= 0.6 is 11.3 Å². The SMILES string of the molecule is O=C(c1cnc2sccn2c1=O)N1CCC[C@@H]1CO. The first-order valence-corrected chi connectivity index (χ1v) is 6.97. The van der Waals surface area contributed by atoms with Gasteiger partial charge in [-0.15, -0.1) is 11.3 Å². The van der Waals surface area contributed by atoms with Gasteiger partial charge in [-0.2, -0.15) is 0 Å². The Morgan fingerprint density at radius 1 is 1.58 bits per heavy atom. The Labute approximate surface area is 112 Å². The van der Waals surface area contributed by atoms with Gasteiger partial charge in [0.05, 0.1) is 12.6 Å². The van der Waals surface area contributed by atoms with Crippen molar-refractivity contribution in [1.82, 2.24) is 14.3 Å². The molecule has 19 heavy (non-hydrogen) atoms. The van der Waals surface area contributed by atoms with Crippen molar-refractivity contribution in [2.75, 3.05) is 13.2 Å². The Hall–Kier alpha value is -1.73. The molecule has 1 N–H and O–H groups in total. The number of hydrogen-bond donors (Lipinski definition) is 1. The van der Waals surface area contributed by atoms with Crippen molar-refractivity contribution < 1.29 is 9.90 Å². The maximum absolute atomic E-state index is 12.4. The third-order valence-electron chi connectivity index (χ3n) is 3.42.